The predicted molar refractivity (Wildman–Crippen MR) is 90.6 cm³/mol. The minimum atomic E-state index is -0.768. The fraction of sp³-hybridized carbons (Fsp3) is 0.556. The Kier molecular flexibility index (Phi) is 7.06. The van der Waals surface area contributed by atoms with Gasteiger partial charge >= 0.3 is 12.0 Å². The molecule has 1 aliphatic heterocycles. The van der Waals surface area contributed by atoms with Gasteiger partial charge in [-0.2, -0.15) is 0 Å². The Balaban J connectivity index is 1.83. The Morgan fingerprint density at radius 1 is 1.25 bits per heavy atom. The molecule has 1 aromatic rings. The maximum absolute atomic E-state index is 12.3. The van der Waals surface area contributed by atoms with Gasteiger partial charge in [0.25, 0.3) is 0 Å². The number of likely N-dealkylation sites (tertiary alicyclic amines) is 1. The number of hydrogen-bond acceptors (Lipinski definition) is 3. The highest BCUT2D eigenvalue weighted by Crippen LogP contribution is 2.17. The number of nitrogens with zero attached hydrogens (tertiary/aromatic N) is 1. The maximum atomic E-state index is 12.3. The summed E-state index contributed by atoms with van der Waals surface area (Å²) in [5, 5.41) is 11.9. The number of hydrogen-bond donors (Lipinski definition) is 2. The zero-order valence-corrected chi connectivity index (χ0v) is 14.2. The van der Waals surface area contributed by atoms with E-state index in [1.165, 1.54) is 0 Å². The third-order valence-corrected chi connectivity index (χ3v) is 4.29. The molecule has 132 valence electrons. The van der Waals surface area contributed by atoms with Gasteiger partial charge in [-0.25, -0.2) is 4.79 Å². The average molecular weight is 334 g/mol. The molecule has 0 radical (unpaired) electrons. The number of aliphatic carboxylic acids is 1. The number of carbonyl (C=O) groups excluding carboxylic acids is 1. The molecule has 6 heteroatoms. The van der Waals surface area contributed by atoms with Crippen molar-refractivity contribution in [2.45, 2.75) is 39.3 Å². The minimum Gasteiger partial charge on any atom is -0.481 e. The minimum absolute atomic E-state index is 0.136. The largest absolute Gasteiger partial charge is 0.481 e. The van der Waals surface area contributed by atoms with Gasteiger partial charge in [-0.1, -0.05) is 31.2 Å². The van der Waals surface area contributed by atoms with Crippen LogP contribution < -0.4 is 5.32 Å². The molecule has 1 aliphatic rings. The Labute approximate surface area is 142 Å². The van der Waals surface area contributed by atoms with E-state index in [-0.39, 0.29) is 11.9 Å². The first kappa shape index (κ1) is 18.3. The Morgan fingerprint density at radius 2 is 1.92 bits per heavy atom. The van der Waals surface area contributed by atoms with E-state index >= 15 is 0 Å². The smallest absolute Gasteiger partial charge is 0.317 e. The van der Waals surface area contributed by atoms with Crippen LogP contribution in [0.1, 0.15) is 37.3 Å². The summed E-state index contributed by atoms with van der Waals surface area (Å²) in [6.07, 6.45) is 2.01. The topological polar surface area (TPSA) is 78.9 Å². The fourth-order valence-corrected chi connectivity index (χ4v) is 2.81. The number of urea groups is 1. The Hall–Kier alpha value is -2.08. The van der Waals surface area contributed by atoms with Crippen LogP contribution in [0.25, 0.3) is 0 Å². The summed E-state index contributed by atoms with van der Waals surface area (Å²) in [7, 11) is 0. The molecule has 0 saturated carbocycles. The predicted octanol–water partition coefficient (Wildman–Crippen LogP) is 2.62. The Morgan fingerprint density at radius 3 is 2.54 bits per heavy atom. The van der Waals surface area contributed by atoms with Crippen LogP contribution in [0.2, 0.25) is 0 Å². The van der Waals surface area contributed by atoms with E-state index in [4.69, 9.17) is 9.84 Å². The van der Waals surface area contributed by atoms with Gasteiger partial charge in [-0.05, 0) is 30.4 Å². The number of nitrogens with one attached hydrogen (secondary N) is 1. The third-order valence-electron chi connectivity index (χ3n) is 4.29. The highest BCUT2D eigenvalue weighted by Gasteiger charge is 2.26. The number of benzene rings is 1. The lowest BCUT2D eigenvalue weighted by Crippen LogP contribution is -2.45. The van der Waals surface area contributed by atoms with Crippen LogP contribution in [0.4, 0.5) is 4.79 Å². The fourth-order valence-electron chi connectivity index (χ4n) is 2.81. The molecule has 1 fully saturated rings. The van der Waals surface area contributed by atoms with Gasteiger partial charge in [0, 0.05) is 26.2 Å². The third kappa shape index (κ3) is 5.23. The van der Waals surface area contributed by atoms with Crippen LogP contribution >= 0.6 is 0 Å². The number of carbonyl (C=O) groups is 2. The van der Waals surface area contributed by atoms with Crippen LogP contribution in [-0.2, 0) is 22.7 Å². The van der Waals surface area contributed by atoms with E-state index < -0.39 is 5.97 Å². The van der Waals surface area contributed by atoms with E-state index in [2.05, 4.69) is 12.2 Å². The van der Waals surface area contributed by atoms with Crippen LogP contribution in [0.3, 0.4) is 0 Å². The number of amides is 2. The van der Waals surface area contributed by atoms with E-state index in [9.17, 15) is 9.59 Å². The number of carboxylic acid groups (broad SMARTS) is 1. The van der Waals surface area contributed by atoms with E-state index in [0.717, 1.165) is 24.2 Å². The maximum Gasteiger partial charge on any atom is 0.317 e. The lowest BCUT2D eigenvalue weighted by molar-refractivity contribution is -0.143. The second-order valence-electron chi connectivity index (χ2n) is 6.08. The van der Waals surface area contributed by atoms with Crippen molar-refractivity contribution < 1.29 is 19.4 Å². The summed E-state index contributed by atoms with van der Waals surface area (Å²) in [4.78, 5) is 24.9. The van der Waals surface area contributed by atoms with Gasteiger partial charge in [0.1, 0.15) is 0 Å². The molecule has 2 rings (SSSR count). The summed E-state index contributed by atoms with van der Waals surface area (Å²) in [6, 6.07) is 7.77. The van der Waals surface area contributed by atoms with Crippen molar-refractivity contribution in [1.82, 2.24) is 10.2 Å². The SMILES string of the molecule is CCCOCc1ccccc1CNC(=O)N1CCC(C(=O)O)CC1. The highest BCUT2D eigenvalue weighted by atomic mass is 16.5. The molecule has 0 bridgehead atoms. The molecule has 0 atom stereocenters. The molecule has 0 aliphatic carbocycles. The molecule has 0 unspecified atom stereocenters. The molecular formula is C18H26N2O4. The molecule has 1 aromatic carbocycles. The molecule has 1 heterocycles. The average Bonchev–Trinajstić information content (AvgIpc) is 2.61. The van der Waals surface area contributed by atoms with Crippen molar-refractivity contribution >= 4 is 12.0 Å². The quantitative estimate of drug-likeness (QED) is 0.751. The van der Waals surface area contributed by atoms with Gasteiger partial charge in [0.2, 0.25) is 0 Å². The first-order valence-corrected chi connectivity index (χ1v) is 8.52. The summed E-state index contributed by atoms with van der Waals surface area (Å²) >= 11 is 0. The normalized spacial score (nSPS) is 15.3. The molecule has 1 saturated heterocycles. The molecule has 0 aromatic heterocycles. The van der Waals surface area contributed by atoms with Crippen molar-refractivity contribution in [2.24, 2.45) is 5.92 Å². The standard InChI is InChI=1S/C18H26N2O4/c1-2-11-24-13-16-6-4-3-5-15(16)12-19-18(23)20-9-7-14(8-10-20)17(21)22/h3-6,14H,2,7-13H2,1H3,(H,19,23)(H,21,22). The molecule has 24 heavy (non-hydrogen) atoms. The Bertz CT molecular complexity index is 554. The summed E-state index contributed by atoms with van der Waals surface area (Å²) in [6.45, 7) is 4.76. The van der Waals surface area contributed by atoms with E-state index in [0.29, 0.717) is 39.1 Å². The van der Waals surface area contributed by atoms with Crippen LogP contribution in [0, 0.1) is 5.92 Å². The second kappa shape index (κ2) is 9.27. The molecular weight excluding hydrogens is 308 g/mol. The number of piperidine rings is 1. The number of carboxylic acids is 1. The summed E-state index contributed by atoms with van der Waals surface area (Å²) in [5.74, 6) is -1.10. The lowest BCUT2D eigenvalue weighted by atomic mass is 9.97. The van der Waals surface area contributed by atoms with Gasteiger partial charge < -0.3 is 20.1 Å². The molecule has 2 N–H and O–H groups in total. The van der Waals surface area contributed by atoms with Crippen molar-refractivity contribution in [3.05, 3.63) is 35.4 Å². The number of rotatable bonds is 7. The van der Waals surface area contributed by atoms with Crippen molar-refractivity contribution in [3.8, 4) is 0 Å². The van der Waals surface area contributed by atoms with Crippen molar-refractivity contribution in [2.75, 3.05) is 19.7 Å². The summed E-state index contributed by atoms with van der Waals surface area (Å²) < 4.78 is 5.59. The zero-order chi connectivity index (χ0) is 17.4. The monoisotopic (exact) mass is 334 g/mol. The second-order valence-corrected chi connectivity index (χ2v) is 6.08. The molecule has 6 nitrogen and oxygen atoms in total. The van der Waals surface area contributed by atoms with Gasteiger partial charge in [-0.15, -0.1) is 0 Å². The first-order chi connectivity index (χ1) is 11.6. The molecule has 2 amide bonds. The number of ether oxygens (including phenoxy) is 1. The van der Waals surface area contributed by atoms with E-state index in [1.807, 2.05) is 24.3 Å². The lowest BCUT2D eigenvalue weighted by Gasteiger charge is -2.30. The van der Waals surface area contributed by atoms with E-state index in [1.54, 1.807) is 4.90 Å². The van der Waals surface area contributed by atoms with Gasteiger partial charge in [0.15, 0.2) is 0 Å². The highest BCUT2D eigenvalue weighted by molar-refractivity contribution is 5.75. The van der Waals surface area contributed by atoms with Crippen molar-refractivity contribution in [3.63, 3.8) is 0 Å². The molecule has 0 spiro atoms. The van der Waals surface area contributed by atoms with Crippen molar-refractivity contribution in [1.29, 1.82) is 0 Å². The van der Waals surface area contributed by atoms with Crippen LogP contribution in [0.5, 0.6) is 0 Å². The summed E-state index contributed by atoms with van der Waals surface area (Å²) in [5.41, 5.74) is 2.12. The first-order valence-electron chi connectivity index (χ1n) is 8.52. The van der Waals surface area contributed by atoms with Gasteiger partial charge in [-0.3, -0.25) is 4.79 Å². The zero-order valence-electron chi connectivity index (χ0n) is 14.2. The van der Waals surface area contributed by atoms with Crippen LogP contribution in [0.15, 0.2) is 24.3 Å². The van der Waals surface area contributed by atoms with Crippen LogP contribution in [-0.4, -0.2) is 41.7 Å². The van der Waals surface area contributed by atoms with Gasteiger partial charge in [0.05, 0.1) is 12.5 Å².